The minimum Gasteiger partial charge on any atom is -0.456 e. The fraction of sp³-hybridized carbons (Fsp3) is 0.188. The number of nitrogens with zero attached hydrogens (tertiary/aromatic N) is 1. The molecule has 1 aromatic heterocycles. The Morgan fingerprint density at radius 1 is 1.10 bits per heavy atom. The van der Waals surface area contributed by atoms with E-state index >= 15 is 0 Å². The lowest BCUT2D eigenvalue weighted by molar-refractivity contribution is -0.168. The van der Waals surface area contributed by atoms with E-state index in [-0.39, 0.29) is 6.61 Å². The van der Waals surface area contributed by atoms with Crippen molar-refractivity contribution in [1.29, 1.82) is 0 Å². The Morgan fingerprint density at radius 3 is 2.43 bits per heavy atom. The Hall–Kier alpha value is -2.69. The summed E-state index contributed by atoms with van der Waals surface area (Å²) in [6, 6.07) is 14.1. The van der Waals surface area contributed by atoms with Crippen LogP contribution in [0.2, 0.25) is 0 Å². The molecule has 0 aliphatic rings. The first-order chi connectivity index (χ1) is 10.2. The number of hydrogen-bond donors (Lipinski definition) is 0. The molecule has 2 rings (SSSR count). The summed E-state index contributed by atoms with van der Waals surface area (Å²) in [7, 11) is 0. The summed E-state index contributed by atoms with van der Waals surface area (Å²) in [4.78, 5) is 27.3. The third-order valence-corrected chi connectivity index (χ3v) is 2.69. The number of pyridine rings is 1. The highest BCUT2D eigenvalue weighted by Crippen LogP contribution is 2.19. The first-order valence-corrected chi connectivity index (χ1v) is 6.45. The molecule has 0 amide bonds. The summed E-state index contributed by atoms with van der Waals surface area (Å²) in [6.45, 7) is 1.28. The molecule has 0 saturated carbocycles. The van der Waals surface area contributed by atoms with Gasteiger partial charge in [-0.2, -0.15) is 0 Å². The molecule has 0 aliphatic carbocycles. The lowest BCUT2D eigenvalue weighted by atomic mass is 10.1. The van der Waals surface area contributed by atoms with Gasteiger partial charge in [-0.1, -0.05) is 36.4 Å². The number of aromatic nitrogens is 1. The fourth-order valence-electron chi connectivity index (χ4n) is 1.75. The quantitative estimate of drug-likeness (QED) is 0.789. The molecule has 5 heteroatoms. The molecule has 5 nitrogen and oxygen atoms in total. The van der Waals surface area contributed by atoms with Crippen molar-refractivity contribution in [2.24, 2.45) is 0 Å². The van der Waals surface area contributed by atoms with Crippen molar-refractivity contribution < 1.29 is 19.1 Å². The molecular weight excluding hydrogens is 270 g/mol. The predicted octanol–water partition coefficient (Wildman–Crippen LogP) is 2.43. The van der Waals surface area contributed by atoms with E-state index in [1.807, 2.05) is 6.07 Å². The summed E-state index contributed by atoms with van der Waals surface area (Å²) in [6.07, 6.45) is 0.552. The summed E-state index contributed by atoms with van der Waals surface area (Å²) < 4.78 is 10.2. The van der Waals surface area contributed by atoms with Crippen LogP contribution in [-0.4, -0.2) is 16.9 Å². The molecule has 0 N–H and O–H groups in total. The van der Waals surface area contributed by atoms with Gasteiger partial charge < -0.3 is 9.47 Å². The van der Waals surface area contributed by atoms with Gasteiger partial charge in [0, 0.05) is 18.7 Å². The molecule has 0 fully saturated rings. The van der Waals surface area contributed by atoms with E-state index in [0.29, 0.717) is 11.3 Å². The lowest BCUT2D eigenvalue weighted by Crippen LogP contribution is -2.21. The van der Waals surface area contributed by atoms with Crippen LogP contribution in [0, 0.1) is 0 Å². The minimum atomic E-state index is -1.06. The summed E-state index contributed by atoms with van der Waals surface area (Å²) in [5.74, 6) is -1.17. The molecule has 0 saturated heterocycles. The van der Waals surface area contributed by atoms with Gasteiger partial charge in [-0.05, 0) is 12.1 Å². The number of rotatable bonds is 5. The van der Waals surface area contributed by atoms with E-state index < -0.39 is 18.0 Å². The van der Waals surface area contributed by atoms with Crippen molar-refractivity contribution in [3.8, 4) is 0 Å². The average molecular weight is 285 g/mol. The standard InChI is InChI=1S/C16H15NO4/c1-12(18)21-15(13-7-3-2-4-8-13)16(19)20-11-14-9-5-6-10-17-14/h2-10,15H,11H2,1H3. The average Bonchev–Trinajstić information content (AvgIpc) is 2.52. The van der Waals surface area contributed by atoms with E-state index in [9.17, 15) is 9.59 Å². The van der Waals surface area contributed by atoms with Crippen LogP contribution in [0.1, 0.15) is 24.3 Å². The Kier molecular flexibility index (Phi) is 5.04. The van der Waals surface area contributed by atoms with Crippen molar-refractivity contribution in [2.45, 2.75) is 19.6 Å². The minimum absolute atomic E-state index is 0.0320. The SMILES string of the molecule is CC(=O)OC(C(=O)OCc1ccccn1)c1ccccc1. The zero-order valence-electron chi connectivity index (χ0n) is 11.6. The van der Waals surface area contributed by atoms with Crippen LogP contribution in [0.25, 0.3) is 0 Å². The maximum absolute atomic E-state index is 12.1. The first kappa shape index (κ1) is 14.7. The van der Waals surface area contributed by atoms with Crippen LogP contribution in [0.5, 0.6) is 0 Å². The van der Waals surface area contributed by atoms with Crippen LogP contribution >= 0.6 is 0 Å². The summed E-state index contributed by atoms with van der Waals surface area (Å²) in [5.41, 5.74) is 1.19. The zero-order valence-corrected chi connectivity index (χ0v) is 11.6. The van der Waals surface area contributed by atoms with Crippen LogP contribution in [0.4, 0.5) is 0 Å². The summed E-state index contributed by atoms with van der Waals surface area (Å²) >= 11 is 0. The largest absolute Gasteiger partial charge is 0.456 e. The molecule has 0 spiro atoms. The number of benzene rings is 1. The van der Waals surface area contributed by atoms with E-state index in [1.165, 1.54) is 6.92 Å². The highest BCUT2D eigenvalue weighted by Gasteiger charge is 2.25. The van der Waals surface area contributed by atoms with Gasteiger partial charge >= 0.3 is 11.9 Å². The molecule has 0 bridgehead atoms. The van der Waals surface area contributed by atoms with Crippen LogP contribution in [0.3, 0.4) is 0 Å². The van der Waals surface area contributed by atoms with Gasteiger partial charge in [0.2, 0.25) is 6.10 Å². The molecule has 1 aromatic carbocycles. The first-order valence-electron chi connectivity index (χ1n) is 6.45. The van der Waals surface area contributed by atoms with Crippen molar-refractivity contribution in [3.63, 3.8) is 0 Å². The van der Waals surface area contributed by atoms with Crippen LogP contribution in [0.15, 0.2) is 54.7 Å². The molecule has 0 radical (unpaired) electrons. The topological polar surface area (TPSA) is 65.5 Å². The second kappa shape index (κ2) is 7.19. The highest BCUT2D eigenvalue weighted by molar-refractivity contribution is 5.80. The maximum atomic E-state index is 12.1. The van der Waals surface area contributed by atoms with Crippen molar-refractivity contribution in [2.75, 3.05) is 0 Å². The zero-order chi connectivity index (χ0) is 15.1. The van der Waals surface area contributed by atoms with Gasteiger partial charge in [0.05, 0.1) is 5.69 Å². The predicted molar refractivity (Wildman–Crippen MR) is 75.0 cm³/mol. The normalized spacial score (nSPS) is 11.5. The Labute approximate surface area is 122 Å². The van der Waals surface area contributed by atoms with E-state index in [4.69, 9.17) is 9.47 Å². The smallest absolute Gasteiger partial charge is 0.352 e. The number of carbonyl (C=O) groups excluding carboxylic acids is 2. The second-order valence-electron chi connectivity index (χ2n) is 4.33. The molecule has 0 aliphatic heterocycles. The Morgan fingerprint density at radius 2 is 1.81 bits per heavy atom. The van der Waals surface area contributed by atoms with Gasteiger partial charge in [-0.25, -0.2) is 4.79 Å². The van der Waals surface area contributed by atoms with Gasteiger partial charge in [-0.3, -0.25) is 9.78 Å². The van der Waals surface area contributed by atoms with E-state index in [2.05, 4.69) is 4.98 Å². The van der Waals surface area contributed by atoms with Crippen molar-refractivity contribution >= 4 is 11.9 Å². The molecule has 21 heavy (non-hydrogen) atoms. The van der Waals surface area contributed by atoms with Gasteiger partial charge in [0.1, 0.15) is 6.61 Å². The second-order valence-corrected chi connectivity index (χ2v) is 4.33. The molecule has 1 atom stereocenters. The van der Waals surface area contributed by atoms with Crippen molar-refractivity contribution in [1.82, 2.24) is 4.98 Å². The van der Waals surface area contributed by atoms with Gasteiger partial charge in [-0.15, -0.1) is 0 Å². The highest BCUT2D eigenvalue weighted by atomic mass is 16.6. The third kappa shape index (κ3) is 4.42. The maximum Gasteiger partial charge on any atom is 0.352 e. The van der Waals surface area contributed by atoms with E-state index in [1.54, 1.807) is 48.7 Å². The van der Waals surface area contributed by atoms with E-state index in [0.717, 1.165) is 0 Å². The monoisotopic (exact) mass is 285 g/mol. The number of carbonyl (C=O) groups is 2. The Bertz CT molecular complexity index is 598. The van der Waals surface area contributed by atoms with Crippen LogP contribution in [-0.2, 0) is 25.7 Å². The summed E-state index contributed by atoms with van der Waals surface area (Å²) in [5, 5.41) is 0. The molecule has 1 unspecified atom stereocenters. The molecular formula is C16H15NO4. The third-order valence-electron chi connectivity index (χ3n) is 2.69. The molecule has 108 valence electrons. The van der Waals surface area contributed by atoms with Crippen LogP contribution < -0.4 is 0 Å². The molecule has 2 aromatic rings. The number of ether oxygens (including phenoxy) is 2. The van der Waals surface area contributed by atoms with Gasteiger partial charge in [0.25, 0.3) is 0 Å². The number of hydrogen-bond acceptors (Lipinski definition) is 5. The van der Waals surface area contributed by atoms with Crippen molar-refractivity contribution in [3.05, 3.63) is 66.0 Å². The fourth-order valence-corrected chi connectivity index (χ4v) is 1.75. The Balaban J connectivity index is 2.06. The van der Waals surface area contributed by atoms with Gasteiger partial charge in [0.15, 0.2) is 0 Å². The number of esters is 2. The molecule has 1 heterocycles. The lowest BCUT2D eigenvalue weighted by Gasteiger charge is -2.16.